The molecule has 0 heterocycles. The fourth-order valence-electron chi connectivity index (χ4n) is 1.73. The first-order chi connectivity index (χ1) is 9.47. The topological polar surface area (TPSA) is 72.2 Å². The monoisotopic (exact) mass is 290 g/mol. The molecule has 1 amide bonds. The van der Waals surface area contributed by atoms with E-state index in [0.29, 0.717) is 21.8 Å². The number of anilines is 1. The largest absolute Gasteiger partial charge is 0.322 e. The lowest BCUT2D eigenvalue weighted by molar-refractivity contribution is -0.384. The molecule has 0 spiro atoms. The Morgan fingerprint density at radius 3 is 2.60 bits per heavy atom. The molecule has 0 atom stereocenters. The maximum atomic E-state index is 12.0. The third kappa shape index (κ3) is 3.13. The van der Waals surface area contributed by atoms with Crippen LogP contribution in [0.15, 0.2) is 42.5 Å². The van der Waals surface area contributed by atoms with Gasteiger partial charge in [0.05, 0.1) is 4.92 Å². The molecule has 20 heavy (non-hydrogen) atoms. The zero-order chi connectivity index (χ0) is 14.7. The average molecular weight is 291 g/mol. The minimum atomic E-state index is -0.477. The number of hydrogen-bond acceptors (Lipinski definition) is 3. The molecular formula is C14H11ClN2O3. The predicted octanol–water partition coefficient (Wildman–Crippen LogP) is 3.81. The van der Waals surface area contributed by atoms with E-state index in [2.05, 4.69) is 5.32 Å². The van der Waals surface area contributed by atoms with Gasteiger partial charge >= 0.3 is 0 Å². The first-order valence-electron chi connectivity index (χ1n) is 5.79. The van der Waals surface area contributed by atoms with Crippen molar-refractivity contribution >= 4 is 28.9 Å². The highest BCUT2D eigenvalue weighted by molar-refractivity contribution is 6.31. The minimum Gasteiger partial charge on any atom is -0.322 e. The Hall–Kier alpha value is -2.40. The fourth-order valence-corrected chi connectivity index (χ4v) is 1.92. The van der Waals surface area contributed by atoms with Gasteiger partial charge in [0.1, 0.15) is 0 Å². The molecule has 0 aliphatic rings. The van der Waals surface area contributed by atoms with Gasteiger partial charge in [-0.15, -0.1) is 0 Å². The van der Waals surface area contributed by atoms with Gasteiger partial charge in [0.15, 0.2) is 0 Å². The third-order valence-electron chi connectivity index (χ3n) is 2.76. The summed E-state index contributed by atoms with van der Waals surface area (Å²) in [5.41, 5.74) is 1.56. The van der Waals surface area contributed by atoms with Crippen LogP contribution < -0.4 is 5.32 Å². The molecule has 0 aliphatic heterocycles. The molecule has 0 aliphatic carbocycles. The third-order valence-corrected chi connectivity index (χ3v) is 2.99. The molecule has 0 saturated carbocycles. The molecule has 0 unspecified atom stereocenters. The summed E-state index contributed by atoms with van der Waals surface area (Å²) in [4.78, 5) is 22.2. The number of nitro benzene ring substituents is 1. The molecule has 2 aromatic rings. The van der Waals surface area contributed by atoms with Crippen LogP contribution in [0.4, 0.5) is 11.4 Å². The Balaban J connectivity index is 2.22. The second-order valence-corrected chi connectivity index (χ2v) is 4.66. The van der Waals surface area contributed by atoms with Crippen LogP contribution in [-0.2, 0) is 0 Å². The van der Waals surface area contributed by atoms with Gasteiger partial charge in [0.25, 0.3) is 11.6 Å². The number of nitro groups is 1. The minimum absolute atomic E-state index is 0.0109. The van der Waals surface area contributed by atoms with Crippen LogP contribution in [0.2, 0.25) is 5.02 Å². The lowest BCUT2D eigenvalue weighted by Crippen LogP contribution is -2.12. The Morgan fingerprint density at radius 2 is 2.00 bits per heavy atom. The van der Waals surface area contributed by atoms with Gasteiger partial charge in [-0.3, -0.25) is 14.9 Å². The Kier molecular flexibility index (Phi) is 4.00. The summed E-state index contributed by atoms with van der Waals surface area (Å²) < 4.78 is 0. The molecule has 0 saturated heterocycles. The number of rotatable bonds is 3. The molecule has 5 nitrogen and oxygen atoms in total. The van der Waals surface area contributed by atoms with Crippen LogP contribution in [-0.4, -0.2) is 10.8 Å². The van der Waals surface area contributed by atoms with Crippen molar-refractivity contribution in [2.45, 2.75) is 6.92 Å². The maximum absolute atomic E-state index is 12.0. The van der Waals surface area contributed by atoms with Crippen LogP contribution in [0.25, 0.3) is 0 Å². The fraction of sp³-hybridized carbons (Fsp3) is 0.0714. The number of hydrogen-bond donors (Lipinski definition) is 1. The summed E-state index contributed by atoms with van der Waals surface area (Å²) in [7, 11) is 0. The predicted molar refractivity (Wildman–Crippen MR) is 77.2 cm³/mol. The number of amides is 1. The standard InChI is InChI=1S/C14H11ClN2O3/c1-9-7-12(17(19)20)5-6-13(9)16-14(18)10-3-2-4-11(15)8-10/h2-8H,1H3,(H,16,18). The lowest BCUT2D eigenvalue weighted by Gasteiger charge is -2.08. The molecule has 0 radical (unpaired) electrons. The molecule has 2 aromatic carbocycles. The zero-order valence-corrected chi connectivity index (χ0v) is 11.3. The number of carbonyl (C=O) groups excluding carboxylic acids is 1. The highest BCUT2D eigenvalue weighted by Gasteiger charge is 2.11. The normalized spacial score (nSPS) is 10.1. The van der Waals surface area contributed by atoms with Crippen molar-refractivity contribution < 1.29 is 9.72 Å². The van der Waals surface area contributed by atoms with Gasteiger partial charge in [0.2, 0.25) is 0 Å². The lowest BCUT2D eigenvalue weighted by atomic mass is 10.1. The van der Waals surface area contributed by atoms with Crippen LogP contribution in [0, 0.1) is 17.0 Å². The number of aryl methyl sites for hydroxylation is 1. The van der Waals surface area contributed by atoms with E-state index in [1.165, 1.54) is 18.2 Å². The average Bonchev–Trinajstić information content (AvgIpc) is 2.40. The second-order valence-electron chi connectivity index (χ2n) is 4.22. The van der Waals surface area contributed by atoms with Crippen molar-refractivity contribution in [3.05, 3.63) is 68.7 Å². The maximum Gasteiger partial charge on any atom is 0.269 e. The molecule has 0 bridgehead atoms. The van der Waals surface area contributed by atoms with Gasteiger partial charge in [-0.1, -0.05) is 17.7 Å². The summed E-state index contributed by atoms with van der Waals surface area (Å²) in [5.74, 6) is -0.315. The van der Waals surface area contributed by atoms with Gasteiger partial charge in [0, 0.05) is 28.4 Å². The number of nitrogens with zero attached hydrogens (tertiary/aromatic N) is 1. The smallest absolute Gasteiger partial charge is 0.269 e. The van der Waals surface area contributed by atoms with Crippen LogP contribution in [0.1, 0.15) is 15.9 Å². The summed E-state index contributed by atoms with van der Waals surface area (Å²) >= 11 is 5.82. The second kappa shape index (κ2) is 5.71. The first kappa shape index (κ1) is 14.0. The van der Waals surface area contributed by atoms with E-state index < -0.39 is 4.92 Å². The molecule has 6 heteroatoms. The summed E-state index contributed by atoms with van der Waals surface area (Å²) in [6.07, 6.45) is 0. The van der Waals surface area contributed by atoms with Crippen molar-refractivity contribution in [3.8, 4) is 0 Å². The number of non-ortho nitro benzene ring substituents is 1. The first-order valence-corrected chi connectivity index (χ1v) is 6.17. The van der Waals surface area contributed by atoms with E-state index in [0.717, 1.165) is 0 Å². The molecule has 0 aromatic heterocycles. The Morgan fingerprint density at radius 1 is 1.25 bits per heavy atom. The van der Waals surface area contributed by atoms with E-state index in [1.54, 1.807) is 31.2 Å². The SMILES string of the molecule is Cc1cc([N+](=O)[O-])ccc1NC(=O)c1cccc(Cl)c1. The molecule has 2 rings (SSSR count). The van der Waals surface area contributed by atoms with E-state index in [4.69, 9.17) is 11.6 Å². The van der Waals surface area contributed by atoms with E-state index in [-0.39, 0.29) is 11.6 Å². The van der Waals surface area contributed by atoms with Gasteiger partial charge in [-0.2, -0.15) is 0 Å². The van der Waals surface area contributed by atoms with Crippen molar-refractivity contribution in [2.75, 3.05) is 5.32 Å². The van der Waals surface area contributed by atoms with Crippen molar-refractivity contribution in [2.24, 2.45) is 0 Å². The van der Waals surface area contributed by atoms with Gasteiger partial charge in [-0.05, 0) is 36.8 Å². The molecule has 1 N–H and O–H groups in total. The molecule has 0 fully saturated rings. The molecular weight excluding hydrogens is 280 g/mol. The van der Waals surface area contributed by atoms with Crippen LogP contribution >= 0.6 is 11.6 Å². The highest BCUT2D eigenvalue weighted by atomic mass is 35.5. The Bertz CT molecular complexity index is 686. The zero-order valence-electron chi connectivity index (χ0n) is 10.6. The summed E-state index contributed by atoms with van der Waals surface area (Å²) in [6.45, 7) is 1.70. The molecule has 102 valence electrons. The van der Waals surface area contributed by atoms with Crippen molar-refractivity contribution in [1.29, 1.82) is 0 Å². The Labute approximate surface area is 120 Å². The van der Waals surface area contributed by atoms with Crippen molar-refractivity contribution in [1.82, 2.24) is 0 Å². The number of carbonyl (C=O) groups is 1. The summed E-state index contributed by atoms with van der Waals surface area (Å²) in [5, 5.41) is 13.8. The summed E-state index contributed by atoms with van der Waals surface area (Å²) in [6, 6.07) is 10.8. The van der Waals surface area contributed by atoms with Crippen molar-refractivity contribution in [3.63, 3.8) is 0 Å². The number of nitrogens with one attached hydrogen (secondary N) is 1. The quantitative estimate of drug-likeness (QED) is 0.690. The van der Waals surface area contributed by atoms with Crippen LogP contribution in [0.5, 0.6) is 0 Å². The number of benzene rings is 2. The van der Waals surface area contributed by atoms with E-state index in [9.17, 15) is 14.9 Å². The van der Waals surface area contributed by atoms with Gasteiger partial charge in [-0.25, -0.2) is 0 Å². The highest BCUT2D eigenvalue weighted by Crippen LogP contribution is 2.22. The van der Waals surface area contributed by atoms with Crippen LogP contribution in [0.3, 0.4) is 0 Å². The van der Waals surface area contributed by atoms with E-state index in [1.807, 2.05) is 0 Å². The number of halogens is 1. The van der Waals surface area contributed by atoms with Gasteiger partial charge < -0.3 is 5.32 Å². The van der Waals surface area contributed by atoms with E-state index >= 15 is 0 Å².